The zero-order valence-corrected chi connectivity index (χ0v) is 16.7. The molecule has 3 rings (SSSR count). The first-order valence-corrected chi connectivity index (χ1v) is 10.0. The Balaban J connectivity index is 1.62. The van der Waals surface area contributed by atoms with Crippen LogP contribution < -0.4 is 4.74 Å². The van der Waals surface area contributed by atoms with E-state index in [1.165, 1.54) is 17.0 Å². The van der Waals surface area contributed by atoms with Gasteiger partial charge in [0.05, 0.1) is 9.83 Å². The standard InChI is InChI=1S/C21H20N2O5S/c1-2-3-11-22-20(24)19(29-21(22)25)13-15-7-9-18(10-8-15)28-14-16-5-4-6-17(12-16)23(26)27/h4-10,12-13H,2-3,11,14H2,1H3/b19-13-. The van der Waals surface area contributed by atoms with E-state index in [1.807, 2.05) is 6.92 Å². The molecule has 2 aromatic rings. The number of carbonyl (C=O) groups is 2. The van der Waals surface area contributed by atoms with Crippen LogP contribution in [0.3, 0.4) is 0 Å². The number of hydrogen-bond acceptors (Lipinski definition) is 6. The molecule has 1 aliphatic rings. The van der Waals surface area contributed by atoms with E-state index in [4.69, 9.17) is 4.74 Å². The number of ether oxygens (including phenoxy) is 1. The molecule has 0 bridgehead atoms. The van der Waals surface area contributed by atoms with Crippen LogP contribution in [0.25, 0.3) is 6.08 Å². The van der Waals surface area contributed by atoms with Gasteiger partial charge in [-0.3, -0.25) is 24.6 Å². The second-order valence-electron chi connectivity index (χ2n) is 6.47. The molecule has 0 spiro atoms. The highest BCUT2D eigenvalue weighted by atomic mass is 32.2. The molecule has 1 saturated heterocycles. The van der Waals surface area contributed by atoms with E-state index in [1.54, 1.807) is 42.5 Å². The average molecular weight is 412 g/mol. The summed E-state index contributed by atoms with van der Waals surface area (Å²) >= 11 is 0.955. The number of amides is 2. The van der Waals surface area contributed by atoms with Gasteiger partial charge in [-0.2, -0.15) is 0 Å². The molecule has 1 heterocycles. The number of carbonyl (C=O) groups excluding carboxylic acids is 2. The van der Waals surface area contributed by atoms with Crippen molar-refractivity contribution in [3.8, 4) is 5.75 Å². The Hall–Kier alpha value is -3.13. The fraction of sp³-hybridized carbons (Fsp3) is 0.238. The number of nitrogens with zero attached hydrogens (tertiary/aromatic N) is 2. The van der Waals surface area contributed by atoms with Crippen LogP contribution in [0.5, 0.6) is 5.75 Å². The van der Waals surface area contributed by atoms with Crippen LogP contribution in [0.2, 0.25) is 0 Å². The molecular formula is C21H20N2O5S. The molecule has 7 nitrogen and oxygen atoms in total. The van der Waals surface area contributed by atoms with Gasteiger partial charge >= 0.3 is 0 Å². The molecular weight excluding hydrogens is 392 g/mol. The minimum absolute atomic E-state index is 0.0225. The third kappa shape index (κ3) is 5.23. The van der Waals surface area contributed by atoms with Crippen LogP contribution in [0.15, 0.2) is 53.4 Å². The first-order valence-electron chi connectivity index (χ1n) is 9.19. The number of benzene rings is 2. The summed E-state index contributed by atoms with van der Waals surface area (Å²) < 4.78 is 5.67. The number of hydrogen-bond donors (Lipinski definition) is 0. The van der Waals surface area contributed by atoms with Crippen LogP contribution in [-0.2, 0) is 11.4 Å². The number of unbranched alkanes of at least 4 members (excludes halogenated alkanes) is 1. The summed E-state index contributed by atoms with van der Waals surface area (Å²) in [6, 6.07) is 13.4. The Bertz CT molecular complexity index is 956. The fourth-order valence-corrected chi connectivity index (χ4v) is 3.61. The van der Waals surface area contributed by atoms with Gasteiger partial charge in [0.1, 0.15) is 12.4 Å². The molecule has 0 radical (unpaired) electrons. The topological polar surface area (TPSA) is 89.8 Å². The Morgan fingerprint density at radius 3 is 2.62 bits per heavy atom. The minimum atomic E-state index is -0.442. The second kappa shape index (κ2) is 9.38. The molecule has 1 aliphatic heterocycles. The van der Waals surface area contributed by atoms with Crippen LogP contribution in [0, 0.1) is 10.1 Å². The van der Waals surface area contributed by atoms with E-state index < -0.39 is 4.92 Å². The predicted octanol–water partition coefficient (Wildman–Crippen LogP) is 5.01. The summed E-state index contributed by atoms with van der Waals surface area (Å²) in [7, 11) is 0. The first-order chi connectivity index (χ1) is 14.0. The van der Waals surface area contributed by atoms with Gasteiger partial charge in [-0.1, -0.05) is 37.6 Å². The quantitative estimate of drug-likeness (QED) is 0.344. The highest BCUT2D eigenvalue weighted by Crippen LogP contribution is 2.32. The SMILES string of the molecule is CCCCN1C(=O)S/C(=C\c2ccc(OCc3cccc([N+](=O)[O-])c3)cc2)C1=O. The van der Waals surface area contributed by atoms with Crippen molar-refractivity contribution in [2.75, 3.05) is 6.54 Å². The molecule has 1 fully saturated rings. The lowest BCUT2D eigenvalue weighted by Gasteiger charge is -2.10. The average Bonchev–Trinajstić information content (AvgIpc) is 2.98. The van der Waals surface area contributed by atoms with Crippen molar-refractivity contribution in [1.29, 1.82) is 0 Å². The Labute approximate surface area is 172 Å². The van der Waals surface area contributed by atoms with Gasteiger partial charge in [-0.05, 0) is 47.5 Å². The van der Waals surface area contributed by atoms with Gasteiger partial charge in [0, 0.05) is 18.7 Å². The van der Waals surface area contributed by atoms with Crippen molar-refractivity contribution in [2.24, 2.45) is 0 Å². The molecule has 150 valence electrons. The minimum Gasteiger partial charge on any atom is -0.489 e. The van der Waals surface area contributed by atoms with Crippen LogP contribution >= 0.6 is 11.8 Å². The number of thioether (sulfide) groups is 1. The van der Waals surface area contributed by atoms with E-state index in [9.17, 15) is 19.7 Å². The van der Waals surface area contributed by atoms with E-state index >= 15 is 0 Å². The summed E-state index contributed by atoms with van der Waals surface area (Å²) in [5, 5.41) is 10.6. The van der Waals surface area contributed by atoms with E-state index in [0.29, 0.717) is 22.8 Å². The largest absolute Gasteiger partial charge is 0.489 e. The molecule has 0 aliphatic carbocycles. The first kappa shape index (κ1) is 20.6. The van der Waals surface area contributed by atoms with Crippen LogP contribution in [0.4, 0.5) is 10.5 Å². The summed E-state index contributed by atoms with van der Waals surface area (Å²) in [5.74, 6) is 0.351. The van der Waals surface area contributed by atoms with Gasteiger partial charge in [-0.25, -0.2) is 0 Å². The molecule has 0 N–H and O–H groups in total. The number of rotatable bonds is 8. The molecule has 8 heteroatoms. The Kier molecular flexibility index (Phi) is 6.66. The van der Waals surface area contributed by atoms with Gasteiger partial charge in [0.25, 0.3) is 16.8 Å². The lowest BCUT2D eigenvalue weighted by Crippen LogP contribution is -2.29. The fourth-order valence-electron chi connectivity index (χ4n) is 2.75. The van der Waals surface area contributed by atoms with Gasteiger partial charge < -0.3 is 4.74 Å². The molecule has 0 saturated carbocycles. The Morgan fingerprint density at radius 1 is 1.17 bits per heavy atom. The third-order valence-electron chi connectivity index (χ3n) is 4.31. The molecule has 29 heavy (non-hydrogen) atoms. The van der Waals surface area contributed by atoms with Gasteiger partial charge in [0.2, 0.25) is 0 Å². The molecule has 2 amide bonds. The zero-order valence-electron chi connectivity index (χ0n) is 15.9. The maximum Gasteiger partial charge on any atom is 0.293 e. The van der Waals surface area contributed by atoms with Crippen LogP contribution in [-0.4, -0.2) is 27.5 Å². The van der Waals surface area contributed by atoms with E-state index in [2.05, 4.69) is 0 Å². The van der Waals surface area contributed by atoms with Crippen LogP contribution in [0.1, 0.15) is 30.9 Å². The van der Waals surface area contributed by atoms with Crippen molar-refractivity contribution in [3.63, 3.8) is 0 Å². The number of nitro benzene ring substituents is 1. The van der Waals surface area contributed by atoms with E-state index in [0.717, 1.165) is 30.2 Å². The second-order valence-corrected chi connectivity index (χ2v) is 7.46. The van der Waals surface area contributed by atoms with Gasteiger partial charge in [-0.15, -0.1) is 0 Å². The molecule has 0 aromatic heterocycles. The molecule has 2 aromatic carbocycles. The third-order valence-corrected chi connectivity index (χ3v) is 5.22. The lowest BCUT2D eigenvalue weighted by molar-refractivity contribution is -0.384. The van der Waals surface area contributed by atoms with Crippen molar-refractivity contribution in [2.45, 2.75) is 26.4 Å². The summed E-state index contributed by atoms with van der Waals surface area (Å²) in [6.07, 6.45) is 3.40. The number of imide groups is 1. The van der Waals surface area contributed by atoms with Crippen molar-refractivity contribution >= 4 is 34.7 Å². The maximum atomic E-state index is 12.4. The molecule has 0 unspecified atom stereocenters. The maximum absolute atomic E-state index is 12.4. The Morgan fingerprint density at radius 2 is 1.93 bits per heavy atom. The summed E-state index contributed by atoms with van der Waals surface area (Å²) in [6.45, 7) is 2.66. The highest BCUT2D eigenvalue weighted by Gasteiger charge is 2.34. The highest BCUT2D eigenvalue weighted by molar-refractivity contribution is 8.18. The number of nitro groups is 1. The zero-order chi connectivity index (χ0) is 20.8. The smallest absolute Gasteiger partial charge is 0.293 e. The summed E-state index contributed by atoms with van der Waals surface area (Å²) in [5.41, 5.74) is 1.51. The lowest BCUT2D eigenvalue weighted by atomic mass is 10.2. The monoisotopic (exact) mass is 412 g/mol. The van der Waals surface area contributed by atoms with Crippen molar-refractivity contribution in [3.05, 3.63) is 74.7 Å². The van der Waals surface area contributed by atoms with Crippen molar-refractivity contribution < 1.29 is 19.2 Å². The normalized spacial score (nSPS) is 15.2. The number of non-ortho nitro benzene ring substituents is 1. The summed E-state index contributed by atoms with van der Waals surface area (Å²) in [4.78, 5) is 36.5. The van der Waals surface area contributed by atoms with E-state index in [-0.39, 0.29) is 23.4 Å². The molecule has 0 atom stereocenters. The van der Waals surface area contributed by atoms with Crippen molar-refractivity contribution in [1.82, 2.24) is 4.90 Å². The van der Waals surface area contributed by atoms with Gasteiger partial charge in [0.15, 0.2) is 0 Å². The predicted molar refractivity (Wildman–Crippen MR) is 111 cm³/mol.